The molecule has 1 saturated heterocycles. The Morgan fingerprint density at radius 3 is 2.63 bits per heavy atom. The highest BCUT2D eigenvalue weighted by atomic mass is 16.5. The number of carbonyl (C=O) groups excluding carboxylic acids is 1. The second-order valence-corrected chi connectivity index (χ2v) is 7.48. The molecule has 0 aromatic carbocycles. The van der Waals surface area contributed by atoms with Crippen molar-refractivity contribution >= 4 is 6.47 Å². The second-order valence-electron chi connectivity index (χ2n) is 7.48. The van der Waals surface area contributed by atoms with Gasteiger partial charge in [-0.05, 0) is 63.7 Å². The van der Waals surface area contributed by atoms with E-state index in [9.17, 15) is 4.79 Å². The van der Waals surface area contributed by atoms with Gasteiger partial charge in [-0.25, -0.2) is 0 Å². The average Bonchev–Trinajstić information content (AvgIpc) is 2.72. The molecule has 0 radical (unpaired) electrons. The number of fused-ring (bicyclic) bond motifs is 3. The average molecular weight is 266 g/mol. The predicted octanol–water partition coefficient (Wildman–Crippen LogP) is 3.31. The minimum Gasteiger partial charge on any atom is -0.461 e. The number of carbonyl (C=O) groups is 1. The standard InChI is InChI=1S/C16H26O3/c1-14-7-4-8-15(2,19-11-17)12(14)5-9-16(3)13(14)6-10-18-16/h11-13H,4-10H2,1-3H3/t12?,13-,14+,15+,16-/m1/s1. The van der Waals surface area contributed by atoms with Crippen LogP contribution in [-0.4, -0.2) is 24.3 Å². The summed E-state index contributed by atoms with van der Waals surface area (Å²) < 4.78 is 11.6. The van der Waals surface area contributed by atoms with Crippen molar-refractivity contribution in [2.45, 2.75) is 70.5 Å². The molecule has 1 aliphatic heterocycles. The van der Waals surface area contributed by atoms with Crippen LogP contribution in [-0.2, 0) is 14.3 Å². The number of hydrogen-bond acceptors (Lipinski definition) is 3. The first-order chi connectivity index (χ1) is 8.95. The van der Waals surface area contributed by atoms with Gasteiger partial charge in [-0.3, -0.25) is 4.79 Å². The van der Waals surface area contributed by atoms with Gasteiger partial charge < -0.3 is 9.47 Å². The van der Waals surface area contributed by atoms with Crippen LogP contribution in [0.2, 0.25) is 0 Å². The molecule has 1 heterocycles. The van der Waals surface area contributed by atoms with E-state index in [1.807, 2.05) is 0 Å². The smallest absolute Gasteiger partial charge is 0.293 e. The third-order valence-corrected chi connectivity index (χ3v) is 6.54. The Labute approximate surface area is 116 Å². The first-order valence-corrected chi connectivity index (χ1v) is 7.70. The summed E-state index contributed by atoms with van der Waals surface area (Å²) in [5.74, 6) is 1.10. The van der Waals surface area contributed by atoms with E-state index in [-0.39, 0.29) is 16.6 Å². The molecule has 0 aromatic heterocycles. The third-order valence-electron chi connectivity index (χ3n) is 6.54. The largest absolute Gasteiger partial charge is 0.461 e. The van der Waals surface area contributed by atoms with Crippen molar-refractivity contribution in [1.29, 1.82) is 0 Å². The lowest BCUT2D eigenvalue weighted by atomic mass is 9.48. The summed E-state index contributed by atoms with van der Waals surface area (Å²) in [6.45, 7) is 8.40. The molecule has 3 aliphatic rings. The lowest BCUT2D eigenvalue weighted by Crippen LogP contribution is -2.59. The molecule has 2 saturated carbocycles. The van der Waals surface area contributed by atoms with Gasteiger partial charge in [0, 0.05) is 12.5 Å². The molecule has 0 spiro atoms. The van der Waals surface area contributed by atoms with E-state index in [1.54, 1.807) is 0 Å². The molecule has 0 aromatic rings. The molecule has 19 heavy (non-hydrogen) atoms. The molecule has 3 nitrogen and oxygen atoms in total. The van der Waals surface area contributed by atoms with Gasteiger partial charge in [0.1, 0.15) is 5.60 Å². The molecule has 3 fully saturated rings. The normalized spacial score (nSPS) is 53.2. The van der Waals surface area contributed by atoms with Gasteiger partial charge in [0.2, 0.25) is 0 Å². The minimum absolute atomic E-state index is 0.0602. The predicted molar refractivity (Wildman–Crippen MR) is 72.7 cm³/mol. The van der Waals surface area contributed by atoms with Crippen molar-refractivity contribution in [2.75, 3.05) is 6.61 Å². The van der Waals surface area contributed by atoms with E-state index in [2.05, 4.69) is 20.8 Å². The molecule has 5 atom stereocenters. The summed E-state index contributed by atoms with van der Waals surface area (Å²) in [6.07, 6.45) is 6.81. The first-order valence-electron chi connectivity index (χ1n) is 7.70. The molecular weight excluding hydrogens is 240 g/mol. The fraction of sp³-hybridized carbons (Fsp3) is 0.938. The molecule has 3 rings (SSSR count). The van der Waals surface area contributed by atoms with Crippen LogP contribution in [0.15, 0.2) is 0 Å². The first kappa shape index (κ1) is 13.4. The van der Waals surface area contributed by atoms with E-state index in [4.69, 9.17) is 9.47 Å². The summed E-state index contributed by atoms with van der Waals surface area (Å²) >= 11 is 0. The summed E-state index contributed by atoms with van der Waals surface area (Å²) in [5.41, 5.74) is 0.0584. The summed E-state index contributed by atoms with van der Waals surface area (Å²) in [5, 5.41) is 0. The maximum atomic E-state index is 10.9. The van der Waals surface area contributed by atoms with E-state index in [0.29, 0.717) is 18.3 Å². The molecule has 2 aliphatic carbocycles. The fourth-order valence-electron chi connectivity index (χ4n) is 5.69. The summed E-state index contributed by atoms with van der Waals surface area (Å²) in [4.78, 5) is 10.9. The highest BCUT2D eigenvalue weighted by Crippen LogP contribution is 2.63. The van der Waals surface area contributed by atoms with Crippen LogP contribution in [0.3, 0.4) is 0 Å². The Hall–Kier alpha value is -0.570. The molecule has 108 valence electrons. The molecule has 0 N–H and O–H groups in total. The van der Waals surface area contributed by atoms with Crippen molar-refractivity contribution in [3.63, 3.8) is 0 Å². The molecule has 0 amide bonds. The van der Waals surface area contributed by atoms with Gasteiger partial charge >= 0.3 is 0 Å². The Morgan fingerprint density at radius 1 is 1.11 bits per heavy atom. The van der Waals surface area contributed by atoms with Crippen LogP contribution in [0.5, 0.6) is 0 Å². The minimum atomic E-state index is -0.265. The Kier molecular flexibility index (Phi) is 2.97. The number of rotatable bonds is 2. The zero-order valence-corrected chi connectivity index (χ0v) is 12.4. The van der Waals surface area contributed by atoms with Crippen LogP contribution in [0.1, 0.15) is 59.3 Å². The van der Waals surface area contributed by atoms with Crippen LogP contribution in [0.4, 0.5) is 0 Å². The van der Waals surface area contributed by atoms with Crippen LogP contribution in [0.25, 0.3) is 0 Å². The van der Waals surface area contributed by atoms with Gasteiger partial charge in [0.25, 0.3) is 6.47 Å². The van der Waals surface area contributed by atoms with E-state index >= 15 is 0 Å². The van der Waals surface area contributed by atoms with Crippen LogP contribution in [0, 0.1) is 17.3 Å². The fourth-order valence-corrected chi connectivity index (χ4v) is 5.69. The van der Waals surface area contributed by atoms with Crippen molar-refractivity contribution in [3.05, 3.63) is 0 Å². The van der Waals surface area contributed by atoms with Gasteiger partial charge in [-0.1, -0.05) is 6.92 Å². The second kappa shape index (κ2) is 4.21. The monoisotopic (exact) mass is 266 g/mol. The molecule has 0 bridgehead atoms. The van der Waals surface area contributed by atoms with Gasteiger partial charge in [-0.2, -0.15) is 0 Å². The maximum Gasteiger partial charge on any atom is 0.293 e. The van der Waals surface area contributed by atoms with Crippen molar-refractivity contribution in [3.8, 4) is 0 Å². The van der Waals surface area contributed by atoms with Crippen LogP contribution >= 0.6 is 0 Å². The van der Waals surface area contributed by atoms with Gasteiger partial charge in [0.15, 0.2) is 0 Å². The SMILES string of the molecule is C[C@@]12CCC3[C@](C)(CCC[C@]3(C)OC=O)[C@H]1CCO2. The zero-order valence-electron chi connectivity index (χ0n) is 12.4. The van der Waals surface area contributed by atoms with Crippen molar-refractivity contribution in [1.82, 2.24) is 0 Å². The summed E-state index contributed by atoms with van der Waals surface area (Å²) in [7, 11) is 0. The Bertz CT molecular complexity index is 382. The van der Waals surface area contributed by atoms with Gasteiger partial charge in [-0.15, -0.1) is 0 Å². The van der Waals surface area contributed by atoms with E-state index in [1.165, 1.54) is 12.8 Å². The number of hydrogen-bond donors (Lipinski definition) is 0. The molecule has 3 heteroatoms. The van der Waals surface area contributed by atoms with Crippen molar-refractivity contribution < 1.29 is 14.3 Å². The van der Waals surface area contributed by atoms with Crippen molar-refractivity contribution in [2.24, 2.45) is 17.3 Å². The molecular formula is C16H26O3. The topological polar surface area (TPSA) is 35.5 Å². The quantitative estimate of drug-likeness (QED) is 0.719. The highest BCUT2D eigenvalue weighted by molar-refractivity contribution is 5.38. The van der Waals surface area contributed by atoms with E-state index in [0.717, 1.165) is 32.3 Å². The van der Waals surface area contributed by atoms with E-state index < -0.39 is 0 Å². The van der Waals surface area contributed by atoms with Crippen LogP contribution < -0.4 is 0 Å². The summed E-state index contributed by atoms with van der Waals surface area (Å²) in [6, 6.07) is 0. The van der Waals surface area contributed by atoms with Gasteiger partial charge in [0.05, 0.1) is 5.60 Å². The lowest BCUT2D eigenvalue weighted by molar-refractivity contribution is -0.195. The number of ether oxygens (including phenoxy) is 2. The zero-order chi connectivity index (χ0) is 13.7. The lowest BCUT2D eigenvalue weighted by Gasteiger charge is -2.59. The third kappa shape index (κ3) is 1.77. The Balaban J connectivity index is 1.95. The Morgan fingerprint density at radius 2 is 1.89 bits per heavy atom. The highest BCUT2D eigenvalue weighted by Gasteiger charge is 2.62. The molecule has 1 unspecified atom stereocenters. The maximum absolute atomic E-state index is 10.9.